The molecular weight excluding hydrogens is 361 g/mol. The van der Waals surface area contributed by atoms with Crippen LogP contribution in [0.25, 0.3) is 0 Å². The third-order valence-corrected chi connectivity index (χ3v) is 5.72. The first kappa shape index (κ1) is 20.2. The number of nitrogens with zero attached hydrogens (tertiary/aromatic N) is 1. The molecule has 1 unspecified atom stereocenters. The second kappa shape index (κ2) is 8.30. The lowest BCUT2D eigenvalue weighted by atomic mass is 10.2. The van der Waals surface area contributed by atoms with Gasteiger partial charge in [0.25, 0.3) is 0 Å². The van der Waals surface area contributed by atoms with Gasteiger partial charge < -0.3 is 11.1 Å². The standard InChI is InChI=1S/C14H20ClN3O3S.ClH/c1-18(9-14(19)17-8-13(16)10-2-3-10)22(20,21)12-6-4-11(15)5-7-12;/h4-7,10,13H,2-3,8-9,16H2,1H3,(H,17,19);1H. The molecule has 1 aliphatic carbocycles. The van der Waals surface area contributed by atoms with Crippen molar-refractivity contribution in [3.05, 3.63) is 29.3 Å². The van der Waals surface area contributed by atoms with Crippen molar-refractivity contribution >= 4 is 39.9 Å². The van der Waals surface area contributed by atoms with Gasteiger partial charge in [-0.25, -0.2) is 8.42 Å². The molecule has 0 spiro atoms. The maximum Gasteiger partial charge on any atom is 0.243 e. The van der Waals surface area contributed by atoms with Crippen LogP contribution in [0.2, 0.25) is 5.02 Å². The van der Waals surface area contributed by atoms with Gasteiger partial charge in [-0.2, -0.15) is 4.31 Å². The molecular formula is C14H21Cl2N3O3S. The van der Waals surface area contributed by atoms with Crippen LogP contribution >= 0.6 is 24.0 Å². The van der Waals surface area contributed by atoms with Crippen molar-refractivity contribution in [3.63, 3.8) is 0 Å². The highest BCUT2D eigenvalue weighted by molar-refractivity contribution is 7.89. The minimum atomic E-state index is -3.71. The summed E-state index contributed by atoms with van der Waals surface area (Å²) in [5.74, 6) is 0.118. The second-order valence-corrected chi connectivity index (χ2v) is 8.00. The van der Waals surface area contributed by atoms with E-state index >= 15 is 0 Å². The molecule has 0 radical (unpaired) electrons. The van der Waals surface area contributed by atoms with Gasteiger partial charge in [0, 0.05) is 24.7 Å². The molecule has 2 rings (SSSR count). The number of halogens is 2. The Morgan fingerprint density at radius 3 is 2.48 bits per heavy atom. The third-order valence-electron chi connectivity index (χ3n) is 3.65. The first-order valence-electron chi connectivity index (χ1n) is 7.05. The topological polar surface area (TPSA) is 92.5 Å². The van der Waals surface area contributed by atoms with Crippen molar-refractivity contribution in [2.45, 2.75) is 23.8 Å². The molecule has 23 heavy (non-hydrogen) atoms. The zero-order chi connectivity index (χ0) is 16.3. The summed E-state index contributed by atoms with van der Waals surface area (Å²) in [6, 6.07) is 5.76. The van der Waals surface area contributed by atoms with Crippen LogP contribution in [0.4, 0.5) is 0 Å². The SMILES string of the molecule is CN(CC(=O)NCC(N)C1CC1)S(=O)(=O)c1ccc(Cl)cc1.Cl. The van der Waals surface area contributed by atoms with Crippen LogP contribution in [0.15, 0.2) is 29.2 Å². The molecule has 1 aromatic rings. The molecule has 0 heterocycles. The smallest absolute Gasteiger partial charge is 0.243 e. The Morgan fingerprint density at radius 2 is 1.96 bits per heavy atom. The molecule has 0 bridgehead atoms. The van der Waals surface area contributed by atoms with Gasteiger partial charge in [0.2, 0.25) is 15.9 Å². The summed E-state index contributed by atoms with van der Waals surface area (Å²) < 4.78 is 25.6. The molecule has 0 saturated heterocycles. The van der Waals surface area contributed by atoms with E-state index < -0.39 is 10.0 Å². The van der Waals surface area contributed by atoms with Crippen molar-refractivity contribution < 1.29 is 13.2 Å². The van der Waals surface area contributed by atoms with E-state index in [0.29, 0.717) is 17.5 Å². The number of hydrogen-bond acceptors (Lipinski definition) is 4. The molecule has 1 aliphatic rings. The summed E-state index contributed by atoms with van der Waals surface area (Å²) in [4.78, 5) is 11.9. The Labute approximate surface area is 147 Å². The van der Waals surface area contributed by atoms with E-state index in [-0.39, 0.29) is 35.8 Å². The van der Waals surface area contributed by atoms with Crippen molar-refractivity contribution in [2.24, 2.45) is 11.7 Å². The largest absolute Gasteiger partial charge is 0.353 e. The number of benzene rings is 1. The molecule has 1 aromatic carbocycles. The monoisotopic (exact) mass is 381 g/mol. The molecule has 1 saturated carbocycles. The van der Waals surface area contributed by atoms with Crippen LogP contribution in [0.3, 0.4) is 0 Å². The quantitative estimate of drug-likeness (QED) is 0.742. The van der Waals surface area contributed by atoms with Crippen LogP contribution < -0.4 is 11.1 Å². The summed E-state index contributed by atoms with van der Waals surface area (Å²) in [5, 5.41) is 3.13. The maximum atomic E-state index is 12.3. The number of likely N-dealkylation sites (N-methyl/N-ethyl adjacent to an activating group) is 1. The number of hydrogen-bond donors (Lipinski definition) is 2. The van der Waals surface area contributed by atoms with Crippen LogP contribution in [-0.4, -0.2) is 44.8 Å². The van der Waals surface area contributed by atoms with E-state index in [0.717, 1.165) is 17.1 Å². The lowest BCUT2D eigenvalue weighted by Crippen LogP contribution is -2.43. The second-order valence-electron chi connectivity index (χ2n) is 5.52. The Kier molecular flexibility index (Phi) is 7.29. The normalized spacial score (nSPS) is 15.8. The summed E-state index contributed by atoms with van der Waals surface area (Å²) in [6.07, 6.45) is 2.20. The summed E-state index contributed by atoms with van der Waals surface area (Å²) in [5.41, 5.74) is 5.89. The predicted octanol–water partition coefficient (Wildman–Crippen LogP) is 1.24. The average molecular weight is 382 g/mol. The molecule has 1 amide bonds. The van der Waals surface area contributed by atoms with Crippen LogP contribution in [0, 0.1) is 5.92 Å². The van der Waals surface area contributed by atoms with E-state index in [1.54, 1.807) is 0 Å². The minimum absolute atomic E-state index is 0. The number of carbonyl (C=O) groups is 1. The van der Waals surface area contributed by atoms with Crippen LogP contribution in [-0.2, 0) is 14.8 Å². The summed E-state index contributed by atoms with van der Waals surface area (Å²) in [7, 11) is -2.35. The first-order valence-corrected chi connectivity index (χ1v) is 8.86. The van der Waals surface area contributed by atoms with Gasteiger partial charge in [-0.15, -0.1) is 12.4 Å². The summed E-state index contributed by atoms with van der Waals surface area (Å²) in [6.45, 7) is 0.126. The highest BCUT2D eigenvalue weighted by Gasteiger charge is 2.29. The molecule has 3 N–H and O–H groups in total. The van der Waals surface area contributed by atoms with Gasteiger partial charge in [0.1, 0.15) is 0 Å². The van der Waals surface area contributed by atoms with Gasteiger partial charge in [-0.1, -0.05) is 11.6 Å². The maximum absolute atomic E-state index is 12.3. The number of amides is 1. The number of nitrogens with two attached hydrogens (primary N) is 1. The van der Waals surface area contributed by atoms with Crippen molar-refractivity contribution in [1.82, 2.24) is 9.62 Å². The highest BCUT2D eigenvalue weighted by atomic mass is 35.5. The van der Waals surface area contributed by atoms with Crippen molar-refractivity contribution in [3.8, 4) is 0 Å². The zero-order valence-corrected chi connectivity index (χ0v) is 15.1. The Morgan fingerprint density at radius 1 is 1.39 bits per heavy atom. The highest BCUT2D eigenvalue weighted by Crippen LogP contribution is 2.31. The van der Waals surface area contributed by atoms with Crippen molar-refractivity contribution in [2.75, 3.05) is 20.1 Å². The molecule has 130 valence electrons. The fourth-order valence-electron chi connectivity index (χ4n) is 2.05. The molecule has 1 atom stereocenters. The Bertz CT molecular complexity index is 633. The van der Waals surface area contributed by atoms with Gasteiger partial charge in [0.15, 0.2) is 0 Å². The lowest BCUT2D eigenvalue weighted by molar-refractivity contribution is -0.121. The van der Waals surface area contributed by atoms with Crippen LogP contribution in [0.1, 0.15) is 12.8 Å². The predicted molar refractivity (Wildman–Crippen MR) is 92.2 cm³/mol. The first-order chi connectivity index (χ1) is 10.3. The fraction of sp³-hybridized carbons (Fsp3) is 0.500. The van der Waals surface area contributed by atoms with E-state index in [4.69, 9.17) is 17.3 Å². The molecule has 6 nitrogen and oxygen atoms in total. The third kappa shape index (κ3) is 5.61. The van der Waals surface area contributed by atoms with E-state index in [1.807, 2.05) is 0 Å². The van der Waals surface area contributed by atoms with Gasteiger partial charge in [0.05, 0.1) is 11.4 Å². The molecule has 1 fully saturated rings. The average Bonchev–Trinajstić information content (AvgIpc) is 3.29. The van der Waals surface area contributed by atoms with E-state index in [1.165, 1.54) is 31.3 Å². The summed E-state index contributed by atoms with van der Waals surface area (Å²) >= 11 is 5.74. The molecule has 0 aliphatic heterocycles. The van der Waals surface area contributed by atoms with Gasteiger partial charge in [-0.05, 0) is 43.0 Å². The fourth-order valence-corrected chi connectivity index (χ4v) is 3.31. The van der Waals surface area contributed by atoms with Gasteiger partial charge in [-0.3, -0.25) is 4.79 Å². The molecule has 9 heteroatoms. The van der Waals surface area contributed by atoms with Crippen molar-refractivity contribution in [1.29, 1.82) is 0 Å². The zero-order valence-electron chi connectivity index (χ0n) is 12.7. The number of nitrogens with one attached hydrogen (secondary N) is 1. The van der Waals surface area contributed by atoms with E-state index in [2.05, 4.69) is 5.32 Å². The van der Waals surface area contributed by atoms with Crippen LogP contribution in [0.5, 0.6) is 0 Å². The number of rotatable bonds is 7. The Balaban J connectivity index is 0.00000264. The number of sulfonamides is 1. The molecule has 0 aromatic heterocycles. The van der Waals surface area contributed by atoms with Gasteiger partial charge >= 0.3 is 0 Å². The minimum Gasteiger partial charge on any atom is -0.353 e. The lowest BCUT2D eigenvalue weighted by Gasteiger charge is -2.18. The Hall–Kier alpha value is -0.860. The number of carbonyl (C=O) groups excluding carboxylic acids is 1. The van der Waals surface area contributed by atoms with E-state index in [9.17, 15) is 13.2 Å².